The predicted octanol–water partition coefficient (Wildman–Crippen LogP) is 4.92. The van der Waals surface area contributed by atoms with E-state index in [0.29, 0.717) is 21.9 Å². The van der Waals surface area contributed by atoms with Gasteiger partial charge in [0, 0.05) is 16.1 Å². The molecule has 6 heteroatoms. The predicted molar refractivity (Wildman–Crippen MR) is 74.2 cm³/mol. The number of imidazole rings is 1. The van der Waals surface area contributed by atoms with E-state index < -0.39 is 11.6 Å². The molecular weight excluding hydrogens is 338 g/mol. The minimum atomic E-state index is -0.703. The lowest BCUT2D eigenvalue weighted by Crippen LogP contribution is -1.82. The Labute approximate surface area is 120 Å². The summed E-state index contributed by atoms with van der Waals surface area (Å²) in [7, 11) is 0. The molecule has 1 aromatic heterocycles. The number of rotatable bonds is 1. The summed E-state index contributed by atoms with van der Waals surface area (Å²) in [6.45, 7) is 0. The Bertz CT molecular complexity index is 786. The molecule has 0 saturated heterocycles. The first-order valence-corrected chi connectivity index (χ1v) is 6.52. The van der Waals surface area contributed by atoms with Crippen molar-refractivity contribution in [2.45, 2.75) is 0 Å². The Morgan fingerprint density at radius 3 is 2.68 bits per heavy atom. The summed E-state index contributed by atoms with van der Waals surface area (Å²) in [6.07, 6.45) is 0. The normalized spacial score (nSPS) is 11.2. The molecule has 0 saturated carbocycles. The number of H-pyrrole nitrogens is 1. The van der Waals surface area contributed by atoms with E-state index in [1.54, 1.807) is 18.2 Å². The van der Waals surface area contributed by atoms with E-state index in [1.807, 2.05) is 0 Å². The maximum Gasteiger partial charge on any atom is 0.153 e. The standard InChI is InChI=1S/C13H6BrClF2N2/c14-6-1-2-8(9(15)3-6)13-18-11-5-7(16)4-10(17)12(11)19-13/h1-5H,(H,18,19). The maximum absolute atomic E-state index is 13.6. The van der Waals surface area contributed by atoms with E-state index >= 15 is 0 Å². The van der Waals surface area contributed by atoms with Crippen molar-refractivity contribution in [3.05, 3.63) is 51.5 Å². The van der Waals surface area contributed by atoms with Gasteiger partial charge in [-0.15, -0.1) is 0 Å². The van der Waals surface area contributed by atoms with Crippen molar-refractivity contribution in [1.29, 1.82) is 0 Å². The van der Waals surface area contributed by atoms with E-state index in [1.165, 1.54) is 6.07 Å². The van der Waals surface area contributed by atoms with Crippen LogP contribution in [0.1, 0.15) is 0 Å². The average molecular weight is 344 g/mol. The number of aromatic amines is 1. The van der Waals surface area contributed by atoms with E-state index in [4.69, 9.17) is 11.6 Å². The third kappa shape index (κ3) is 2.24. The van der Waals surface area contributed by atoms with Crippen LogP contribution in [0.25, 0.3) is 22.4 Å². The van der Waals surface area contributed by atoms with Gasteiger partial charge >= 0.3 is 0 Å². The Morgan fingerprint density at radius 1 is 1.16 bits per heavy atom. The highest BCUT2D eigenvalue weighted by molar-refractivity contribution is 9.10. The van der Waals surface area contributed by atoms with Gasteiger partial charge in [0.25, 0.3) is 0 Å². The topological polar surface area (TPSA) is 28.7 Å². The largest absolute Gasteiger partial charge is 0.338 e. The quantitative estimate of drug-likeness (QED) is 0.667. The van der Waals surface area contributed by atoms with Gasteiger partial charge in [0.15, 0.2) is 5.82 Å². The van der Waals surface area contributed by atoms with Crippen LogP contribution in [0.15, 0.2) is 34.8 Å². The summed E-state index contributed by atoms with van der Waals surface area (Å²) >= 11 is 9.40. The van der Waals surface area contributed by atoms with Gasteiger partial charge in [0.05, 0.1) is 10.5 Å². The van der Waals surface area contributed by atoms with Gasteiger partial charge in [-0.2, -0.15) is 0 Å². The van der Waals surface area contributed by atoms with Crippen LogP contribution in [0.4, 0.5) is 8.78 Å². The zero-order valence-corrected chi connectivity index (χ0v) is 11.7. The number of nitrogens with zero attached hydrogens (tertiary/aromatic N) is 1. The van der Waals surface area contributed by atoms with Crippen LogP contribution in [-0.2, 0) is 0 Å². The Kier molecular flexibility index (Phi) is 3.03. The smallest absolute Gasteiger partial charge is 0.153 e. The molecule has 1 N–H and O–H groups in total. The number of halogens is 4. The Balaban J connectivity index is 2.23. The van der Waals surface area contributed by atoms with Crippen LogP contribution in [0.2, 0.25) is 5.02 Å². The van der Waals surface area contributed by atoms with Crippen molar-refractivity contribution >= 4 is 38.6 Å². The first-order chi connectivity index (χ1) is 9.04. The summed E-state index contributed by atoms with van der Waals surface area (Å²) in [5.41, 5.74) is 1.02. The monoisotopic (exact) mass is 342 g/mol. The fourth-order valence-corrected chi connectivity index (χ4v) is 2.61. The first kappa shape index (κ1) is 12.6. The van der Waals surface area contributed by atoms with Crippen LogP contribution in [0.3, 0.4) is 0 Å². The average Bonchev–Trinajstić information content (AvgIpc) is 2.72. The molecule has 0 amide bonds. The zero-order valence-electron chi connectivity index (χ0n) is 9.35. The Hall–Kier alpha value is -1.46. The summed E-state index contributed by atoms with van der Waals surface area (Å²) < 4.78 is 27.5. The van der Waals surface area contributed by atoms with Crippen LogP contribution in [-0.4, -0.2) is 9.97 Å². The molecule has 0 fully saturated rings. The van der Waals surface area contributed by atoms with E-state index in [9.17, 15) is 8.78 Å². The molecule has 0 bridgehead atoms. The number of hydrogen-bond acceptors (Lipinski definition) is 1. The van der Waals surface area contributed by atoms with Crippen molar-refractivity contribution in [1.82, 2.24) is 9.97 Å². The lowest BCUT2D eigenvalue weighted by molar-refractivity contribution is 0.591. The summed E-state index contributed by atoms with van der Waals surface area (Å²) in [4.78, 5) is 6.98. The van der Waals surface area contributed by atoms with E-state index in [-0.39, 0.29) is 5.52 Å². The molecule has 3 aromatic rings. The van der Waals surface area contributed by atoms with Crippen LogP contribution in [0.5, 0.6) is 0 Å². The van der Waals surface area contributed by atoms with Crippen LogP contribution >= 0.6 is 27.5 Å². The molecule has 1 heterocycles. The van der Waals surface area contributed by atoms with Crippen molar-refractivity contribution in [3.63, 3.8) is 0 Å². The highest BCUT2D eigenvalue weighted by Crippen LogP contribution is 2.30. The molecule has 96 valence electrons. The third-order valence-corrected chi connectivity index (χ3v) is 3.50. The second-order valence-electron chi connectivity index (χ2n) is 3.99. The summed E-state index contributed by atoms with van der Waals surface area (Å²) in [5, 5.41) is 0.467. The number of hydrogen-bond donors (Lipinski definition) is 1. The van der Waals surface area contributed by atoms with Crippen LogP contribution in [0, 0.1) is 11.6 Å². The molecule has 0 aliphatic heterocycles. The second kappa shape index (κ2) is 4.58. The highest BCUT2D eigenvalue weighted by atomic mass is 79.9. The first-order valence-electron chi connectivity index (χ1n) is 5.35. The van der Waals surface area contributed by atoms with Crippen molar-refractivity contribution in [2.24, 2.45) is 0 Å². The minimum Gasteiger partial charge on any atom is -0.338 e. The van der Waals surface area contributed by atoms with Gasteiger partial charge in [0.2, 0.25) is 0 Å². The molecule has 19 heavy (non-hydrogen) atoms. The molecule has 2 nitrogen and oxygen atoms in total. The molecule has 0 spiro atoms. The van der Waals surface area contributed by atoms with Gasteiger partial charge in [-0.25, -0.2) is 13.8 Å². The van der Waals surface area contributed by atoms with E-state index in [2.05, 4.69) is 25.9 Å². The molecule has 0 unspecified atom stereocenters. The number of aromatic nitrogens is 2. The maximum atomic E-state index is 13.6. The van der Waals surface area contributed by atoms with Gasteiger partial charge in [-0.1, -0.05) is 27.5 Å². The molecule has 0 aliphatic carbocycles. The SMILES string of the molecule is Fc1cc(F)c2nc(-c3ccc(Br)cc3Cl)[nH]c2c1. The fourth-order valence-electron chi connectivity index (χ4n) is 1.85. The minimum absolute atomic E-state index is 0.0929. The fraction of sp³-hybridized carbons (Fsp3) is 0. The van der Waals surface area contributed by atoms with Crippen LogP contribution < -0.4 is 0 Å². The zero-order chi connectivity index (χ0) is 13.6. The Morgan fingerprint density at radius 2 is 1.95 bits per heavy atom. The highest BCUT2D eigenvalue weighted by Gasteiger charge is 2.13. The molecule has 3 rings (SSSR count). The lowest BCUT2D eigenvalue weighted by atomic mass is 10.2. The number of fused-ring (bicyclic) bond motifs is 1. The molecule has 0 radical (unpaired) electrons. The summed E-state index contributed by atoms with van der Waals surface area (Å²) in [5.74, 6) is -0.954. The van der Waals surface area contributed by atoms with E-state index in [0.717, 1.165) is 10.5 Å². The lowest BCUT2D eigenvalue weighted by Gasteiger charge is -2.00. The van der Waals surface area contributed by atoms with Gasteiger partial charge in [0.1, 0.15) is 17.2 Å². The number of nitrogens with one attached hydrogen (secondary N) is 1. The van der Waals surface area contributed by atoms with Crippen molar-refractivity contribution in [2.75, 3.05) is 0 Å². The van der Waals surface area contributed by atoms with Gasteiger partial charge < -0.3 is 4.98 Å². The molecule has 2 aromatic carbocycles. The third-order valence-electron chi connectivity index (χ3n) is 2.69. The second-order valence-corrected chi connectivity index (χ2v) is 5.32. The molecular formula is C13H6BrClF2N2. The summed E-state index contributed by atoms with van der Waals surface area (Å²) in [6, 6.07) is 7.25. The van der Waals surface area contributed by atoms with Gasteiger partial charge in [-0.05, 0) is 24.3 Å². The van der Waals surface area contributed by atoms with Gasteiger partial charge in [-0.3, -0.25) is 0 Å². The molecule has 0 atom stereocenters. The molecule has 0 aliphatic rings. The van der Waals surface area contributed by atoms with Crippen molar-refractivity contribution < 1.29 is 8.78 Å². The van der Waals surface area contributed by atoms with Crippen molar-refractivity contribution in [3.8, 4) is 11.4 Å². The number of benzene rings is 2.